The molecule has 3 heterocycles. The Labute approximate surface area is 384 Å². The van der Waals surface area contributed by atoms with E-state index in [0.29, 0.717) is 11.1 Å². The Morgan fingerprint density at radius 2 is 0.758 bits per heavy atom. The van der Waals surface area contributed by atoms with E-state index in [4.69, 9.17) is 9.98 Å². The minimum Gasteiger partial charge on any atom is -0.324 e. The number of aliphatic imine (C=N–C) groups is 2. The van der Waals surface area contributed by atoms with E-state index in [1.54, 1.807) is 0 Å². The molecule has 7 heteroatoms. The number of amidine groups is 2. The molecule has 0 fully saturated rings. The second-order valence-corrected chi connectivity index (χ2v) is 18.9. The summed E-state index contributed by atoms with van der Waals surface area (Å²) in [5.41, 5.74) is 9.02. The van der Waals surface area contributed by atoms with E-state index in [-0.39, 0.29) is 0 Å². The number of fused-ring (bicyclic) bond motifs is 6. The highest BCUT2D eigenvalue weighted by Crippen LogP contribution is 2.45. The number of para-hydroxylation sites is 4. The lowest BCUT2D eigenvalue weighted by Crippen LogP contribution is -2.36. The minimum atomic E-state index is -3.64. The smallest absolute Gasteiger partial charge is 0.171 e. The number of hydrogen-bond acceptors (Lipinski definition) is 4. The van der Waals surface area contributed by atoms with Crippen LogP contribution in [-0.2, 0) is 4.57 Å². The number of rotatable bonds is 8. The van der Waals surface area contributed by atoms with E-state index in [9.17, 15) is 0 Å². The monoisotopic (exact) mass is 871 g/mol. The van der Waals surface area contributed by atoms with Crippen molar-refractivity contribution in [3.63, 3.8) is 0 Å². The lowest BCUT2D eigenvalue weighted by Gasteiger charge is -2.25. The topological polar surface area (TPSA) is 63.7 Å². The second kappa shape index (κ2) is 17.2. The fourth-order valence-corrected chi connectivity index (χ4v) is 12.2. The molecule has 1 N–H and O–H groups in total. The number of hydrogen-bond donors (Lipinski definition) is 1. The molecule has 11 aromatic rings. The fraction of sp³-hybridized carbons (Fsp3) is 0.0508. The summed E-state index contributed by atoms with van der Waals surface area (Å²) < 4.78 is 21.6. The number of nitrogens with one attached hydrogen (secondary N) is 1. The molecule has 0 bridgehead atoms. The zero-order chi connectivity index (χ0) is 44.6. The molecule has 66 heavy (non-hydrogen) atoms. The summed E-state index contributed by atoms with van der Waals surface area (Å²) in [6, 6.07) is 79.0. The Hall–Kier alpha value is -8.05. The highest BCUT2D eigenvalue weighted by atomic mass is 31.2. The summed E-state index contributed by atoms with van der Waals surface area (Å²) in [4.78, 5) is 10.3. The van der Waals surface area contributed by atoms with Gasteiger partial charge in [0.15, 0.2) is 13.3 Å². The SMILES string of the molecule is CC.O=P(c1cccc(C2=NC(c3ccccc3)N=C(c3ccccc3)N2)c1)(c1cccc(-n2c3ccccc3c3ccccc32)c1)c1cccc(-n2c3ccccc3c3ccccc32)c1. The molecule has 6 nitrogen and oxygen atoms in total. The third kappa shape index (κ3) is 6.95. The van der Waals surface area contributed by atoms with Crippen LogP contribution in [0.4, 0.5) is 0 Å². The van der Waals surface area contributed by atoms with Gasteiger partial charge in [-0.25, -0.2) is 9.98 Å². The van der Waals surface area contributed by atoms with Gasteiger partial charge in [0.25, 0.3) is 0 Å². The largest absolute Gasteiger partial charge is 0.324 e. The van der Waals surface area contributed by atoms with Gasteiger partial charge in [-0.05, 0) is 60.2 Å². The molecular formula is C59H46N5OP. The van der Waals surface area contributed by atoms with E-state index in [1.807, 2.05) is 92.7 Å². The molecular weight excluding hydrogens is 826 g/mol. The Balaban J connectivity index is 0.00000238. The highest BCUT2D eigenvalue weighted by molar-refractivity contribution is 7.85. The molecule has 1 unspecified atom stereocenters. The Morgan fingerprint density at radius 1 is 0.394 bits per heavy atom. The Bertz CT molecular complexity index is 3430. The molecule has 2 aromatic heterocycles. The van der Waals surface area contributed by atoms with Crippen LogP contribution >= 0.6 is 7.14 Å². The fourth-order valence-electron chi connectivity index (χ4n) is 9.47. The van der Waals surface area contributed by atoms with Gasteiger partial charge in [0, 0.05) is 60.0 Å². The van der Waals surface area contributed by atoms with Gasteiger partial charge in [-0.2, -0.15) is 0 Å². The van der Waals surface area contributed by atoms with E-state index in [2.05, 4.69) is 166 Å². The first kappa shape index (κ1) is 40.7. The van der Waals surface area contributed by atoms with Crippen molar-refractivity contribution < 1.29 is 4.57 Å². The zero-order valence-corrected chi connectivity index (χ0v) is 37.6. The summed E-state index contributed by atoms with van der Waals surface area (Å²) >= 11 is 0. The first-order valence-corrected chi connectivity index (χ1v) is 24.2. The molecule has 0 aliphatic carbocycles. The molecule has 0 amide bonds. The first-order valence-electron chi connectivity index (χ1n) is 22.5. The average Bonchev–Trinajstić information content (AvgIpc) is 3.93. The van der Waals surface area contributed by atoms with Crippen molar-refractivity contribution in [3.8, 4) is 11.4 Å². The maximum Gasteiger partial charge on any atom is 0.171 e. The van der Waals surface area contributed by atoms with Crippen LogP contribution in [0, 0.1) is 0 Å². The summed E-state index contributed by atoms with van der Waals surface area (Å²) in [6.07, 6.45) is -0.464. The van der Waals surface area contributed by atoms with Crippen LogP contribution < -0.4 is 21.2 Å². The lowest BCUT2D eigenvalue weighted by atomic mass is 10.1. The average molecular weight is 872 g/mol. The van der Waals surface area contributed by atoms with Crippen molar-refractivity contribution in [1.29, 1.82) is 0 Å². The third-order valence-corrected chi connectivity index (χ3v) is 15.4. The van der Waals surface area contributed by atoms with Crippen LogP contribution in [0.15, 0.2) is 241 Å². The summed E-state index contributed by atoms with van der Waals surface area (Å²) in [5.74, 6) is 1.39. The first-order chi connectivity index (χ1) is 32.6. The van der Waals surface area contributed by atoms with Crippen LogP contribution in [0.2, 0.25) is 0 Å². The molecule has 0 saturated heterocycles. The Morgan fingerprint density at radius 3 is 1.23 bits per heavy atom. The molecule has 1 atom stereocenters. The van der Waals surface area contributed by atoms with Crippen LogP contribution in [0.25, 0.3) is 55.0 Å². The summed E-state index contributed by atoms with van der Waals surface area (Å²) in [6.45, 7) is 4.00. The van der Waals surface area contributed by atoms with Crippen molar-refractivity contribution in [2.75, 3.05) is 0 Å². The summed E-state index contributed by atoms with van der Waals surface area (Å²) in [7, 11) is -3.64. The van der Waals surface area contributed by atoms with Crippen molar-refractivity contribution >= 4 is 78.3 Å². The van der Waals surface area contributed by atoms with Gasteiger partial charge in [-0.1, -0.05) is 190 Å². The summed E-state index contributed by atoms with van der Waals surface area (Å²) in [5, 5.41) is 10.4. The lowest BCUT2D eigenvalue weighted by molar-refractivity contribution is 0.592. The number of nitrogens with zero attached hydrogens (tertiary/aromatic N) is 4. The predicted molar refractivity (Wildman–Crippen MR) is 278 cm³/mol. The normalized spacial score (nSPS) is 13.8. The van der Waals surface area contributed by atoms with E-state index < -0.39 is 13.3 Å². The van der Waals surface area contributed by atoms with Gasteiger partial charge in [0.05, 0.1) is 22.1 Å². The van der Waals surface area contributed by atoms with Crippen LogP contribution in [0.1, 0.15) is 36.7 Å². The van der Waals surface area contributed by atoms with Gasteiger partial charge < -0.3 is 19.0 Å². The van der Waals surface area contributed by atoms with Gasteiger partial charge in [-0.15, -0.1) is 0 Å². The molecule has 0 radical (unpaired) electrons. The van der Waals surface area contributed by atoms with E-state index in [0.717, 1.165) is 66.6 Å². The Kier molecular flexibility index (Phi) is 10.6. The van der Waals surface area contributed by atoms with Crippen LogP contribution in [-0.4, -0.2) is 20.8 Å². The molecule has 12 rings (SSSR count). The van der Waals surface area contributed by atoms with Gasteiger partial charge in [0.2, 0.25) is 0 Å². The van der Waals surface area contributed by atoms with Crippen molar-refractivity contribution in [3.05, 3.63) is 247 Å². The van der Waals surface area contributed by atoms with Crippen LogP contribution in [0.5, 0.6) is 0 Å². The van der Waals surface area contributed by atoms with E-state index >= 15 is 4.57 Å². The second-order valence-electron chi connectivity index (χ2n) is 16.2. The van der Waals surface area contributed by atoms with Crippen molar-refractivity contribution in [2.24, 2.45) is 9.98 Å². The predicted octanol–water partition coefficient (Wildman–Crippen LogP) is 13.0. The molecule has 1 aliphatic heterocycles. The highest BCUT2D eigenvalue weighted by Gasteiger charge is 2.32. The maximum atomic E-state index is 17.0. The number of benzene rings is 9. The minimum absolute atomic E-state index is 0.464. The standard InChI is InChI=1S/C57H40N5OP.C2H6/c63-64(45-26-16-23-42(37-45)61-51-32-11-7-28-47(51)48-29-8-12-33-52(48)61,46-27-17-24-43(38-46)62-53-34-13-9-30-49(53)50-31-10-14-35-54(50)62)44-25-15-22-41(36-44)57-59-55(39-18-3-1-4-19-39)58-56(60-57)40-20-5-2-6-21-40;1-2/h1-38,55H,(H,58,59,60);1-2H3. The molecule has 0 saturated carbocycles. The number of aromatic nitrogens is 2. The van der Waals surface area contributed by atoms with Crippen LogP contribution in [0.3, 0.4) is 0 Å². The molecule has 9 aromatic carbocycles. The molecule has 0 spiro atoms. The molecule has 1 aliphatic rings. The van der Waals surface area contributed by atoms with Gasteiger partial charge >= 0.3 is 0 Å². The van der Waals surface area contributed by atoms with E-state index in [1.165, 1.54) is 21.5 Å². The van der Waals surface area contributed by atoms with Gasteiger partial charge in [-0.3, -0.25) is 0 Å². The van der Waals surface area contributed by atoms with Gasteiger partial charge in [0.1, 0.15) is 11.7 Å². The van der Waals surface area contributed by atoms with Crippen molar-refractivity contribution in [2.45, 2.75) is 20.0 Å². The quantitative estimate of drug-likeness (QED) is 0.155. The zero-order valence-electron chi connectivity index (χ0n) is 36.7. The van der Waals surface area contributed by atoms with Crippen molar-refractivity contribution in [1.82, 2.24) is 14.5 Å². The molecule has 318 valence electrons. The third-order valence-electron chi connectivity index (χ3n) is 12.4. The maximum absolute atomic E-state index is 17.0.